The zero-order valence-corrected chi connectivity index (χ0v) is 11.7. The van der Waals surface area contributed by atoms with E-state index < -0.39 is 19.5 Å². The van der Waals surface area contributed by atoms with Gasteiger partial charge in [-0.25, -0.2) is 0 Å². The molecule has 0 amide bonds. The lowest BCUT2D eigenvalue weighted by Crippen LogP contribution is -2.11. The van der Waals surface area contributed by atoms with Gasteiger partial charge < -0.3 is 14.4 Å². The summed E-state index contributed by atoms with van der Waals surface area (Å²) in [5.41, 5.74) is -0.134. The summed E-state index contributed by atoms with van der Waals surface area (Å²) >= 11 is 5.73. The SMILES string of the molecule is CCOC(=O)CP(=O)(O)CSC(=S)OCC. The molecule has 1 unspecified atom stereocenters. The van der Waals surface area contributed by atoms with Gasteiger partial charge in [0.2, 0.25) is 11.8 Å². The first kappa shape index (κ1) is 15.9. The molecule has 0 aliphatic rings. The van der Waals surface area contributed by atoms with Crippen molar-refractivity contribution in [3.05, 3.63) is 0 Å². The number of hydrogen-bond donors (Lipinski definition) is 1. The topological polar surface area (TPSA) is 72.8 Å². The molecule has 5 nitrogen and oxygen atoms in total. The van der Waals surface area contributed by atoms with E-state index >= 15 is 0 Å². The quantitative estimate of drug-likeness (QED) is 0.453. The lowest BCUT2D eigenvalue weighted by atomic mass is 10.8. The van der Waals surface area contributed by atoms with Crippen molar-refractivity contribution in [3.63, 3.8) is 0 Å². The lowest BCUT2D eigenvalue weighted by molar-refractivity contribution is -0.140. The summed E-state index contributed by atoms with van der Waals surface area (Å²) in [6.45, 7) is 4.02. The van der Waals surface area contributed by atoms with Gasteiger partial charge in [0.05, 0.1) is 18.7 Å². The highest BCUT2D eigenvalue weighted by Crippen LogP contribution is 2.44. The van der Waals surface area contributed by atoms with Crippen LogP contribution in [-0.4, -0.2) is 40.1 Å². The van der Waals surface area contributed by atoms with Gasteiger partial charge in [0, 0.05) is 0 Å². The molecule has 0 aromatic heterocycles. The summed E-state index contributed by atoms with van der Waals surface area (Å²) in [4.78, 5) is 20.4. The number of rotatable bonds is 6. The van der Waals surface area contributed by atoms with E-state index in [2.05, 4.69) is 4.74 Å². The van der Waals surface area contributed by atoms with Crippen molar-refractivity contribution in [1.29, 1.82) is 0 Å². The summed E-state index contributed by atoms with van der Waals surface area (Å²) in [6.07, 6.45) is -0.484. The predicted octanol–water partition coefficient (Wildman–Crippen LogP) is 1.83. The second kappa shape index (κ2) is 8.06. The average Bonchev–Trinajstić information content (AvgIpc) is 2.15. The number of esters is 1. The molecular weight excluding hydrogens is 271 g/mol. The Morgan fingerprint density at radius 1 is 1.38 bits per heavy atom. The maximum Gasteiger partial charge on any atom is 0.315 e. The largest absolute Gasteiger partial charge is 0.479 e. The van der Waals surface area contributed by atoms with Crippen LogP contribution in [0.15, 0.2) is 0 Å². The molecule has 0 aromatic rings. The van der Waals surface area contributed by atoms with Crippen LogP contribution >= 0.6 is 31.3 Å². The summed E-state index contributed by atoms with van der Waals surface area (Å²) in [5.74, 6) is -0.670. The Hall–Kier alpha value is -0.100. The maximum absolute atomic E-state index is 11.5. The molecule has 1 atom stereocenters. The van der Waals surface area contributed by atoms with Crippen LogP contribution in [0.3, 0.4) is 0 Å². The van der Waals surface area contributed by atoms with Crippen molar-refractivity contribution in [2.24, 2.45) is 0 Å². The van der Waals surface area contributed by atoms with Gasteiger partial charge in [0.1, 0.15) is 6.16 Å². The Labute approximate surface area is 104 Å². The molecule has 8 heteroatoms. The van der Waals surface area contributed by atoms with Crippen molar-refractivity contribution in [3.8, 4) is 0 Å². The van der Waals surface area contributed by atoms with E-state index in [1.807, 2.05) is 0 Å². The fraction of sp³-hybridized carbons (Fsp3) is 0.750. The fourth-order valence-electron chi connectivity index (χ4n) is 0.767. The van der Waals surface area contributed by atoms with Crippen molar-refractivity contribution >= 4 is 41.7 Å². The summed E-state index contributed by atoms with van der Waals surface area (Å²) in [7, 11) is -3.53. The Morgan fingerprint density at radius 2 is 1.94 bits per heavy atom. The first-order valence-electron chi connectivity index (χ1n) is 4.67. The molecule has 94 valence electrons. The fourth-order valence-corrected chi connectivity index (χ4v) is 3.65. The van der Waals surface area contributed by atoms with Gasteiger partial charge in [-0.1, -0.05) is 11.8 Å². The minimum Gasteiger partial charge on any atom is -0.479 e. The number of carbonyl (C=O) groups excluding carboxylic acids is 1. The molecule has 0 aromatic carbocycles. The molecule has 0 bridgehead atoms. The number of thioether (sulfide) groups is 1. The second-order valence-electron chi connectivity index (χ2n) is 2.77. The van der Waals surface area contributed by atoms with Gasteiger partial charge in [-0.3, -0.25) is 9.36 Å². The Morgan fingerprint density at radius 3 is 2.44 bits per heavy atom. The van der Waals surface area contributed by atoms with E-state index in [4.69, 9.17) is 17.0 Å². The van der Waals surface area contributed by atoms with E-state index in [-0.39, 0.29) is 16.5 Å². The first-order valence-corrected chi connectivity index (χ1v) is 8.09. The molecule has 1 N–H and O–H groups in total. The number of carbonyl (C=O) groups is 1. The summed E-state index contributed by atoms with van der Waals surface area (Å²) < 4.78 is 21.3. The Bertz CT molecular complexity index is 294. The van der Waals surface area contributed by atoms with Crippen LogP contribution < -0.4 is 0 Å². The molecule has 0 aliphatic heterocycles. The monoisotopic (exact) mass is 286 g/mol. The van der Waals surface area contributed by atoms with Gasteiger partial charge in [-0.05, 0) is 26.1 Å². The van der Waals surface area contributed by atoms with Gasteiger partial charge in [-0.15, -0.1) is 0 Å². The molecule has 0 saturated carbocycles. The highest BCUT2D eigenvalue weighted by Gasteiger charge is 2.24. The highest BCUT2D eigenvalue weighted by molar-refractivity contribution is 8.25. The normalized spacial score (nSPS) is 13.9. The third-order valence-electron chi connectivity index (χ3n) is 1.33. The molecular formula is C8H15O5PS2. The number of thiocarbonyl (C=S) groups is 1. The highest BCUT2D eigenvalue weighted by atomic mass is 32.2. The van der Waals surface area contributed by atoms with Crippen LogP contribution in [0.25, 0.3) is 0 Å². The minimum absolute atomic E-state index is 0.134. The molecule has 0 radical (unpaired) electrons. The predicted molar refractivity (Wildman–Crippen MR) is 68.0 cm³/mol. The van der Waals surface area contributed by atoms with Crippen molar-refractivity contribution in [2.45, 2.75) is 13.8 Å². The van der Waals surface area contributed by atoms with E-state index in [9.17, 15) is 14.3 Å². The van der Waals surface area contributed by atoms with Crippen LogP contribution in [-0.2, 0) is 18.8 Å². The molecule has 16 heavy (non-hydrogen) atoms. The smallest absolute Gasteiger partial charge is 0.315 e. The molecule has 0 spiro atoms. The van der Waals surface area contributed by atoms with Crippen LogP contribution in [0.1, 0.15) is 13.8 Å². The average molecular weight is 286 g/mol. The van der Waals surface area contributed by atoms with E-state index in [1.54, 1.807) is 13.8 Å². The van der Waals surface area contributed by atoms with Gasteiger partial charge in [-0.2, -0.15) is 0 Å². The second-order valence-corrected chi connectivity index (χ2v) is 7.10. The van der Waals surface area contributed by atoms with E-state index in [0.717, 1.165) is 11.8 Å². The first-order chi connectivity index (χ1) is 7.41. The lowest BCUT2D eigenvalue weighted by Gasteiger charge is -2.10. The zero-order chi connectivity index (χ0) is 12.6. The van der Waals surface area contributed by atoms with E-state index in [0.29, 0.717) is 6.61 Å². The van der Waals surface area contributed by atoms with Crippen LogP contribution in [0.5, 0.6) is 0 Å². The summed E-state index contributed by atoms with van der Waals surface area (Å²) in [5, 5.41) is 0. The molecule has 0 heterocycles. The summed E-state index contributed by atoms with van der Waals surface area (Å²) in [6, 6.07) is 0. The minimum atomic E-state index is -3.53. The third-order valence-corrected chi connectivity index (χ3v) is 5.04. The Kier molecular flexibility index (Phi) is 8.01. The van der Waals surface area contributed by atoms with Crippen LogP contribution in [0, 0.1) is 0 Å². The van der Waals surface area contributed by atoms with Gasteiger partial charge in [0.15, 0.2) is 0 Å². The van der Waals surface area contributed by atoms with Gasteiger partial charge in [0.25, 0.3) is 0 Å². The van der Waals surface area contributed by atoms with Gasteiger partial charge >= 0.3 is 5.97 Å². The molecule has 0 aliphatic carbocycles. The van der Waals surface area contributed by atoms with Crippen molar-refractivity contribution < 1.29 is 23.7 Å². The number of ether oxygens (including phenoxy) is 2. The molecule has 0 saturated heterocycles. The zero-order valence-electron chi connectivity index (χ0n) is 9.17. The van der Waals surface area contributed by atoms with E-state index in [1.165, 1.54) is 0 Å². The standard InChI is InChI=1S/C8H15O5PS2/c1-3-12-7(9)5-14(10,11)6-16-8(15)13-4-2/h3-6H2,1-2H3,(H,10,11). The third kappa shape index (κ3) is 8.10. The molecule has 0 fully saturated rings. The van der Waals surface area contributed by atoms with Crippen LogP contribution in [0.2, 0.25) is 0 Å². The van der Waals surface area contributed by atoms with Crippen LogP contribution in [0.4, 0.5) is 0 Å². The molecule has 0 rings (SSSR count). The Balaban J connectivity index is 4.00. The van der Waals surface area contributed by atoms with Crippen molar-refractivity contribution in [1.82, 2.24) is 0 Å². The number of hydrogen-bond acceptors (Lipinski definition) is 6. The van der Waals surface area contributed by atoms with Crippen molar-refractivity contribution in [2.75, 3.05) is 24.9 Å². The maximum atomic E-state index is 11.5.